The zero-order valence-electron chi connectivity index (χ0n) is 12.1. The van der Waals surface area contributed by atoms with Crippen LogP contribution in [-0.2, 0) is 11.2 Å². The summed E-state index contributed by atoms with van der Waals surface area (Å²) in [5.74, 6) is 0.529. The van der Waals surface area contributed by atoms with Crippen LogP contribution >= 0.6 is 0 Å². The van der Waals surface area contributed by atoms with Crippen LogP contribution in [0.25, 0.3) is 0 Å². The van der Waals surface area contributed by atoms with Crippen LogP contribution < -0.4 is 16.2 Å². The molecular weight excluding hydrogens is 256 g/mol. The van der Waals surface area contributed by atoms with Gasteiger partial charge in [0.2, 0.25) is 5.88 Å². The van der Waals surface area contributed by atoms with E-state index < -0.39 is 0 Å². The first-order chi connectivity index (χ1) is 9.65. The number of nitrogens with two attached hydrogens (primary N) is 2. The van der Waals surface area contributed by atoms with Crippen LogP contribution in [0.1, 0.15) is 36.8 Å². The number of ether oxygens (including phenoxy) is 2. The largest absolute Gasteiger partial charge is 0.480 e. The van der Waals surface area contributed by atoms with Crippen molar-refractivity contribution < 1.29 is 9.47 Å². The Morgan fingerprint density at radius 1 is 1.15 bits per heavy atom. The number of aromatic nitrogens is 1. The van der Waals surface area contributed by atoms with Crippen molar-refractivity contribution in [1.29, 1.82) is 5.26 Å². The van der Waals surface area contributed by atoms with Crippen molar-refractivity contribution in [2.75, 3.05) is 32.3 Å². The highest BCUT2D eigenvalue weighted by atomic mass is 16.5. The van der Waals surface area contributed by atoms with Gasteiger partial charge in [-0.3, -0.25) is 0 Å². The fraction of sp³-hybridized carbons (Fsp3) is 0.571. The molecule has 0 amide bonds. The quantitative estimate of drug-likeness (QED) is 0.703. The first kappa shape index (κ1) is 16.1. The van der Waals surface area contributed by atoms with Crippen LogP contribution in [0.5, 0.6) is 5.88 Å². The van der Waals surface area contributed by atoms with Gasteiger partial charge < -0.3 is 20.9 Å². The number of nitrogens with zero attached hydrogens (tertiary/aromatic N) is 2. The number of hydrogen-bond donors (Lipinski definition) is 2. The van der Waals surface area contributed by atoms with Crippen LogP contribution in [0.2, 0.25) is 0 Å². The molecule has 4 N–H and O–H groups in total. The molecule has 0 spiro atoms. The molecule has 1 heterocycles. The Bertz CT molecular complexity index is 483. The van der Waals surface area contributed by atoms with Crippen LogP contribution in [0, 0.1) is 11.3 Å². The highest BCUT2D eigenvalue weighted by Crippen LogP contribution is 2.30. The molecule has 6 nitrogen and oxygen atoms in total. The molecule has 0 aliphatic carbocycles. The summed E-state index contributed by atoms with van der Waals surface area (Å²) in [6, 6.07) is 2.02. The van der Waals surface area contributed by atoms with E-state index in [0.29, 0.717) is 11.5 Å². The molecule has 110 valence electrons. The Kier molecular flexibility index (Phi) is 6.60. The van der Waals surface area contributed by atoms with Gasteiger partial charge in [0.25, 0.3) is 0 Å². The van der Waals surface area contributed by atoms with Gasteiger partial charge in [-0.15, -0.1) is 0 Å². The van der Waals surface area contributed by atoms with Crippen molar-refractivity contribution in [2.45, 2.75) is 32.1 Å². The number of pyridine rings is 1. The molecule has 1 aromatic heterocycles. The summed E-state index contributed by atoms with van der Waals surface area (Å²) >= 11 is 0. The van der Waals surface area contributed by atoms with E-state index in [1.165, 1.54) is 7.11 Å². The van der Waals surface area contributed by atoms with Crippen molar-refractivity contribution in [1.82, 2.24) is 4.98 Å². The van der Waals surface area contributed by atoms with Crippen molar-refractivity contribution in [3.63, 3.8) is 0 Å². The molecule has 6 heteroatoms. The van der Waals surface area contributed by atoms with E-state index in [1.54, 1.807) is 7.11 Å². The summed E-state index contributed by atoms with van der Waals surface area (Å²) in [5, 5.41) is 9.11. The van der Waals surface area contributed by atoms with Gasteiger partial charge in [-0.05, 0) is 19.3 Å². The minimum Gasteiger partial charge on any atom is -0.480 e. The smallest absolute Gasteiger partial charge is 0.235 e. The molecule has 0 aliphatic rings. The number of nitriles is 1. The third kappa shape index (κ3) is 4.00. The zero-order chi connectivity index (χ0) is 15.0. The minimum atomic E-state index is 0.186. The summed E-state index contributed by atoms with van der Waals surface area (Å²) in [6.45, 7) is 0.785. The molecule has 0 radical (unpaired) electrons. The van der Waals surface area contributed by atoms with E-state index in [9.17, 15) is 0 Å². The number of hydrogen-bond acceptors (Lipinski definition) is 6. The fourth-order valence-corrected chi connectivity index (χ4v) is 2.06. The lowest BCUT2D eigenvalue weighted by atomic mass is 10.0. The van der Waals surface area contributed by atoms with Crippen molar-refractivity contribution >= 4 is 11.5 Å². The van der Waals surface area contributed by atoms with Gasteiger partial charge in [0.05, 0.1) is 12.8 Å². The summed E-state index contributed by atoms with van der Waals surface area (Å²) in [5.41, 5.74) is 13.3. The summed E-state index contributed by atoms with van der Waals surface area (Å²) in [7, 11) is 3.14. The molecule has 0 aliphatic heterocycles. The standard InChI is InChI=1S/C14H22N4O2/c1-19-8-6-4-3-5-7-10-12(16)11(9-15)14(20-2)18-13(10)17/h3-8H2,1-2H3,(H4,16,17,18). The number of rotatable bonds is 8. The minimum absolute atomic E-state index is 0.186. The second kappa shape index (κ2) is 8.23. The Morgan fingerprint density at radius 2 is 1.85 bits per heavy atom. The predicted octanol–water partition coefficient (Wildman–Crippen LogP) is 1.88. The summed E-state index contributed by atoms with van der Waals surface area (Å²) < 4.78 is 10.0. The lowest BCUT2D eigenvalue weighted by molar-refractivity contribution is 0.192. The number of anilines is 2. The Hall–Kier alpha value is -2.00. The van der Waals surface area contributed by atoms with Crippen LogP contribution in [0.15, 0.2) is 0 Å². The Labute approximate surface area is 119 Å². The molecule has 1 rings (SSSR count). The molecule has 0 aromatic carbocycles. The van der Waals surface area contributed by atoms with Gasteiger partial charge in [0.1, 0.15) is 17.5 Å². The van der Waals surface area contributed by atoms with Gasteiger partial charge in [-0.25, -0.2) is 0 Å². The van der Waals surface area contributed by atoms with Crippen molar-refractivity contribution in [3.05, 3.63) is 11.1 Å². The second-order valence-corrected chi connectivity index (χ2v) is 4.54. The molecular formula is C14H22N4O2. The molecule has 0 saturated carbocycles. The molecule has 1 aromatic rings. The molecule has 0 fully saturated rings. The second-order valence-electron chi connectivity index (χ2n) is 4.54. The maximum Gasteiger partial charge on any atom is 0.235 e. The topological polar surface area (TPSA) is 107 Å². The van der Waals surface area contributed by atoms with E-state index in [-0.39, 0.29) is 11.4 Å². The van der Waals surface area contributed by atoms with Crippen LogP contribution in [0.4, 0.5) is 11.5 Å². The number of methoxy groups -OCH3 is 2. The monoisotopic (exact) mass is 278 g/mol. The molecule has 0 saturated heterocycles. The van der Waals surface area contributed by atoms with Gasteiger partial charge in [-0.2, -0.15) is 10.2 Å². The Balaban J connectivity index is 2.69. The maximum atomic E-state index is 9.11. The van der Waals surface area contributed by atoms with E-state index >= 15 is 0 Å². The SMILES string of the molecule is COCCCCCCc1c(N)nc(OC)c(C#N)c1N. The van der Waals surface area contributed by atoms with Crippen molar-refractivity contribution in [3.8, 4) is 11.9 Å². The lowest BCUT2D eigenvalue weighted by Gasteiger charge is -2.12. The molecule has 0 bridgehead atoms. The van der Waals surface area contributed by atoms with Crippen molar-refractivity contribution in [2.24, 2.45) is 0 Å². The van der Waals surface area contributed by atoms with E-state index in [1.807, 2.05) is 6.07 Å². The fourth-order valence-electron chi connectivity index (χ4n) is 2.06. The highest BCUT2D eigenvalue weighted by molar-refractivity contribution is 5.69. The van der Waals surface area contributed by atoms with Gasteiger partial charge in [0.15, 0.2) is 0 Å². The summed E-state index contributed by atoms with van der Waals surface area (Å²) in [6.07, 6.45) is 4.89. The van der Waals surface area contributed by atoms with Crippen LogP contribution in [-0.4, -0.2) is 25.8 Å². The molecule has 0 unspecified atom stereocenters. The zero-order valence-corrected chi connectivity index (χ0v) is 12.1. The van der Waals surface area contributed by atoms with Gasteiger partial charge in [-0.1, -0.05) is 12.8 Å². The average Bonchev–Trinajstić information content (AvgIpc) is 2.45. The van der Waals surface area contributed by atoms with E-state index in [4.69, 9.17) is 26.2 Å². The van der Waals surface area contributed by atoms with E-state index in [0.717, 1.165) is 44.3 Å². The van der Waals surface area contributed by atoms with Crippen LogP contribution in [0.3, 0.4) is 0 Å². The molecule has 20 heavy (non-hydrogen) atoms. The lowest BCUT2D eigenvalue weighted by Crippen LogP contribution is -2.08. The highest BCUT2D eigenvalue weighted by Gasteiger charge is 2.16. The van der Waals surface area contributed by atoms with Gasteiger partial charge in [0, 0.05) is 19.3 Å². The average molecular weight is 278 g/mol. The first-order valence-corrected chi connectivity index (χ1v) is 6.66. The van der Waals surface area contributed by atoms with Gasteiger partial charge >= 0.3 is 0 Å². The maximum absolute atomic E-state index is 9.11. The van der Waals surface area contributed by atoms with E-state index in [2.05, 4.69) is 4.98 Å². The number of unbranched alkanes of at least 4 members (excludes halogenated alkanes) is 3. The first-order valence-electron chi connectivity index (χ1n) is 6.66. The summed E-state index contributed by atoms with van der Waals surface area (Å²) in [4.78, 5) is 4.08. The third-order valence-electron chi connectivity index (χ3n) is 3.17. The Morgan fingerprint density at radius 3 is 2.45 bits per heavy atom. The third-order valence-corrected chi connectivity index (χ3v) is 3.17. The predicted molar refractivity (Wildman–Crippen MR) is 78.4 cm³/mol. The number of nitrogen functional groups attached to an aromatic ring is 2. The normalized spacial score (nSPS) is 10.2. The molecule has 0 atom stereocenters.